The van der Waals surface area contributed by atoms with Crippen LogP contribution in [-0.2, 0) is 4.79 Å². The molecule has 1 aromatic rings. The zero-order chi connectivity index (χ0) is 13.7. The maximum absolute atomic E-state index is 10.6. The van der Waals surface area contributed by atoms with E-state index in [1.54, 1.807) is 0 Å². The van der Waals surface area contributed by atoms with Gasteiger partial charge < -0.3 is 21.3 Å². The molecule has 0 aromatic heterocycles. The van der Waals surface area contributed by atoms with E-state index < -0.39 is 12.0 Å². The van der Waals surface area contributed by atoms with E-state index >= 15 is 0 Å². The molecule has 0 fully saturated rings. The maximum Gasteiger partial charge on any atom is 0.320 e. The van der Waals surface area contributed by atoms with E-state index in [2.05, 4.69) is 0 Å². The van der Waals surface area contributed by atoms with Crippen molar-refractivity contribution >= 4 is 5.97 Å². The summed E-state index contributed by atoms with van der Waals surface area (Å²) in [4.78, 5) is 10.6. The molecule has 0 aliphatic heterocycles. The second kappa shape index (κ2) is 6.37. The lowest BCUT2D eigenvalue weighted by Gasteiger charge is -2.16. The largest absolute Gasteiger partial charge is 0.491 e. The van der Waals surface area contributed by atoms with Crippen molar-refractivity contribution in [3.63, 3.8) is 0 Å². The van der Waals surface area contributed by atoms with Gasteiger partial charge in [0.15, 0.2) is 0 Å². The van der Waals surface area contributed by atoms with Crippen LogP contribution in [0.25, 0.3) is 0 Å². The number of benzene rings is 1. The van der Waals surface area contributed by atoms with Crippen molar-refractivity contribution in [2.24, 2.45) is 11.5 Å². The summed E-state index contributed by atoms with van der Waals surface area (Å²) in [6, 6.07) is 5.98. The van der Waals surface area contributed by atoms with Crippen molar-refractivity contribution in [3.8, 4) is 5.75 Å². The molecule has 0 aliphatic rings. The van der Waals surface area contributed by atoms with Gasteiger partial charge in [-0.2, -0.15) is 0 Å². The predicted octanol–water partition coefficient (Wildman–Crippen LogP) is 1.28. The Bertz CT molecular complexity index is 390. The lowest BCUT2D eigenvalue weighted by Crippen LogP contribution is -2.33. The van der Waals surface area contributed by atoms with Gasteiger partial charge in [0.05, 0.1) is 6.10 Å². The van der Waals surface area contributed by atoms with E-state index in [-0.39, 0.29) is 18.6 Å². The topological polar surface area (TPSA) is 98.6 Å². The number of rotatable bonds is 6. The Labute approximate surface area is 107 Å². The summed E-state index contributed by atoms with van der Waals surface area (Å²) in [5.41, 5.74) is 12.2. The van der Waals surface area contributed by atoms with Crippen LogP contribution < -0.4 is 16.2 Å². The van der Waals surface area contributed by atoms with Crippen LogP contribution >= 0.6 is 0 Å². The minimum Gasteiger partial charge on any atom is -0.491 e. The standard InChI is InChI=1S/C13H20N2O3/c1-8(2)18-10-5-3-9(4-6-10)11(14)7-12(15)13(16)17/h3-6,8,11-12H,7,14-15H2,1-2H3,(H,16,17). The van der Waals surface area contributed by atoms with E-state index in [0.29, 0.717) is 0 Å². The molecule has 5 heteroatoms. The fraction of sp³-hybridized carbons (Fsp3) is 0.462. The number of nitrogens with two attached hydrogens (primary N) is 2. The van der Waals surface area contributed by atoms with Gasteiger partial charge in [-0.1, -0.05) is 12.1 Å². The number of carboxylic acids is 1. The number of ether oxygens (including phenoxy) is 1. The molecule has 0 saturated carbocycles. The first-order valence-electron chi connectivity index (χ1n) is 5.90. The van der Waals surface area contributed by atoms with E-state index in [0.717, 1.165) is 11.3 Å². The summed E-state index contributed by atoms with van der Waals surface area (Å²) in [6.07, 6.45) is 0.324. The van der Waals surface area contributed by atoms with Gasteiger partial charge in [-0.05, 0) is 38.0 Å². The fourth-order valence-corrected chi connectivity index (χ4v) is 1.58. The Kier molecular flexibility index (Phi) is 5.12. The number of aliphatic carboxylic acids is 1. The fourth-order valence-electron chi connectivity index (χ4n) is 1.58. The highest BCUT2D eigenvalue weighted by Gasteiger charge is 2.17. The predicted molar refractivity (Wildman–Crippen MR) is 69.4 cm³/mol. The highest BCUT2D eigenvalue weighted by atomic mass is 16.5. The van der Waals surface area contributed by atoms with Gasteiger partial charge in [-0.25, -0.2) is 0 Å². The third-order valence-corrected chi connectivity index (χ3v) is 2.51. The van der Waals surface area contributed by atoms with Crippen LogP contribution in [0.3, 0.4) is 0 Å². The average molecular weight is 252 g/mol. The second-order valence-electron chi connectivity index (χ2n) is 4.52. The maximum atomic E-state index is 10.6. The Morgan fingerprint density at radius 2 is 1.83 bits per heavy atom. The van der Waals surface area contributed by atoms with Crippen molar-refractivity contribution in [2.75, 3.05) is 0 Å². The first-order chi connectivity index (χ1) is 8.40. The van der Waals surface area contributed by atoms with Crippen LogP contribution in [0.2, 0.25) is 0 Å². The first-order valence-corrected chi connectivity index (χ1v) is 5.90. The Morgan fingerprint density at radius 3 is 2.28 bits per heavy atom. The second-order valence-corrected chi connectivity index (χ2v) is 4.52. The first kappa shape index (κ1) is 14.5. The van der Waals surface area contributed by atoms with Gasteiger partial charge in [0.2, 0.25) is 0 Å². The minimum absolute atomic E-state index is 0.116. The third kappa shape index (κ3) is 4.35. The van der Waals surface area contributed by atoms with Crippen molar-refractivity contribution in [1.82, 2.24) is 0 Å². The van der Waals surface area contributed by atoms with Gasteiger partial charge in [-0.15, -0.1) is 0 Å². The molecule has 1 rings (SSSR count). The molecule has 0 amide bonds. The van der Waals surface area contributed by atoms with E-state index in [4.69, 9.17) is 21.3 Å². The van der Waals surface area contributed by atoms with Crippen LogP contribution in [0.4, 0.5) is 0 Å². The van der Waals surface area contributed by atoms with Crippen molar-refractivity contribution in [2.45, 2.75) is 38.5 Å². The molecule has 1 aromatic carbocycles. The smallest absolute Gasteiger partial charge is 0.320 e. The van der Waals surface area contributed by atoms with Gasteiger partial charge in [-0.3, -0.25) is 4.79 Å². The highest BCUT2D eigenvalue weighted by Crippen LogP contribution is 2.20. The van der Waals surface area contributed by atoms with Gasteiger partial charge in [0, 0.05) is 6.04 Å². The van der Waals surface area contributed by atoms with E-state index in [1.165, 1.54) is 0 Å². The molecule has 0 saturated heterocycles. The monoisotopic (exact) mass is 252 g/mol. The third-order valence-electron chi connectivity index (χ3n) is 2.51. The number of carboxylic acid groups (broad SMARTS) is 1. The zero-order valence-corrected chi connectivity index (χ0v) is 10.7. The molecule has 0 radical (unpaired) electrons. The average Bonchev–Trinajstić information content (AvgIpc) is 2.28. The minimum atomic E-state index is -1.04. The van der Waals surface area contributed by atoms with Gasteiger partial charge in [0.25, 0.3) is 0 Å². The van der Waals surface area contributed by atoms with Crippen LogP contribution in [-0.4, -0.2) is 23.2 Å². The van der Waals surface area contributed by atoms with E-state index in [9.17, 15) is 4.79 Å². The molecular weight excluding hydrogens is 232 g/mol. The zero-order valence-electron chi connectivity index (χ0n) is 10.7. The molecule has 5 N–H and O–H groups in total. The normalized spacial score (nSPS) is 14.3. The van der Waals surface area contributed by atoms with Crippen LogP contribution in [0.5, 0.6) is 5.75 Å². The quantitative estimate of drug-likeness (QED) is 0.708. The molecule has 0 heterocycles. The summed E-state index contributed by atoms with van der Waals surface area (Å²) >= 11 is 0. The molecular formula is C13H20N2O3. The Balaban J connectivity index is 2.64. The van der Waals surface area contributed by atoms with Crippen LogP contribution in [0.15, 0.2) is 24.3 Å². The summed E-state index contributed by atoms with van der Waals surface area (Å²) in [7, 11) is 0. The molecule has 0 bridgehead atoms. The van der Waals surface area contributed by atoms with Crippen LogP contribution in [0.1, 0.15) is 31.9 Å². The number of hydrogen-bond acceptors (Lipinski definition) is 4. The molecule has 100 valence electrons. The van der Waals surface area contributed by atoms with Gasteiger partial charge >= 0.3 is 5.97 Å². The molecule has 18 heavy (non-hydrogen) atoms. The summed E-state index contributed by atoms with van der Waals surface area (Å²) in [6.45, 7) is 3.90. The summed E-state index contributed by atoms with van der Waals surface area (Å²) in [5, 5.41) is 8.72. The number of carbonyl (C=O) groups is 1. The van der Waals surface area contributed by atoms with Crippen LogP contribution in [0, 0.1) is 0 Å². The van der Waals surface area contributed by atoms with Crippen molar-refractivity contribution in [3.05, 3.63) is 29.8 Å². The lowest BCUT2D eigenvalue weighted by atomic mass is 10.0. The van der Waals surface area contributed by atoms with E-state index in [1.807, 2.05) is 38.1 Å². The van der Waals surface area contributed by atoms with Crippen molar-refractivity contribution in [1.29, 1.82) is 0 Å². The molecule has 2 unspecified atom stereocenters. The Morgan fingerprint density at radius 1 is 1.28 bits per heavy atom. The number of hydrogen-bond donors (Lipinski definition) is 3. The van der Waals surface area contributed by atoms with Crippen molar-refractivity contribution < 1.29 is 14.6 Å². The molecule has 2 atom stereocenters. The molecule has 5 nitrogen and oxygen atoms in total. The SMILES string of the molecule is CC(C)Oc1ccc(C(N)CC(N)C(=O)O)cc1. The molecule has 0 aliphatic carbocycles. The Hall–Kier alpha value is -1.59. The molecule has 0 spiro atoms. The highest BCUT2D eigenvalue weighted by molar-refractivity contribution is 5.73. The van der Waals surface area contributed by atoms with Gasteiger partial charge in [0.1, 0.15) is 11.8 Å². The summed E-state index contributed by atoms with van der Waals surface area (Å²) in [5.74, 6) is -0.270. The lowest BCUT2D eigenvalue weighted by molar-refractivity contribution is -0.138. The summed E-state index contributed by atoms with van der Waals surface area (Å²) < 4.78 is 5.51.